The summed E-state index contributed by atoms with van der Waals surface area (Å²) in [6.07, 6.45) is -3.14. The molecule has 0 saturated carbocycles. The summed E-state index contributed by atoms with van der Waals surface area (Å²) >= 11 is 0. The first-order chi connectivity index (χ1) is 11.0. The summed E-state index contributed by atoms with van der Waals surface area (Å²) < 4.78 is 39.1. The highest BCUT2D eigenvalue weighted by Crippen LogP contribution is 2.45. The fourth-order valence-corrected chi connectivity index (χ4v) is 2.95. The molecule has 1 aliphatic heterocycles. The first-order valence-electron chi connectivity index (χ1n) is 7.39. The van der Waals surface area contributed by atoms with Gasteiger partial charge in [0.1, 0.15) is 5.69 Å². The minimum atomic E-state index is -4.28. The van der Waals surface area contributed by atoms with E-state index in [-0.39, 0.29) is 25.2 Å². The summed E-state index contributed by atoms with van der Waals surface area (Å²) in [4.78, 5) is 28.3. The van der Waals surface area contributed by atoms with Gasteiger partial charge in [-0.25, -0.2) is 9.78 Å². The number of hydrogen-bond donors (Lipinski definition) is 2. The third kappa shape index (κ3) is 3.95. The molecule has 6 nitrogen and oxygen atoms in total. The van der Waals surface area contributed by atoms with Gasteiger partial charge in [0.15, 0.2) is 0 Å². The number of aromatic nitrogens is 1. The highest BCUT2D eigenvalue weighted by molar-refractivity contribution is 5.92. The SMILES string of the molecule is CC1(C)CN(C(=O)Nc2ccc(C(N)=O)nc2)CCC1C(F)(F)F. The van der Waals surface area contributed by atoms with E-state index in [1.165, 1.54) is 37.1 Å². The van der Waals surface area contributed by atoms with Crippen molar-refractivity contribution in [3.8, 4) is 0 Å². The number of primary amides is 1. The Hall–Kier alpha value is -2.32. The molecule has 1 atom stereocenters. The third-order valence-electron chi connectivity index (χ3n) is 4.18. The fraction of sp³-hybridized carbons (Fsp3) is 0.533. The molecule has 3 amide bonds. The molecule has 0 spiro atoms. The topological polar surface area (TPSA) is 88.3 Å². The number of nitrogens with one attached hydrogen (secondary N) is 1. The van der Waals surface area contributed by atoms with E-state index < -0.39 is 29.4 Å². The summed E-state index contributed by atoms with van der Waals surface area (Å²) in [6, 6.07) is 2.31. The molecule has 1 aromatic rings. The van der Waals surface area contributed by atoms with Gasteiger partial charge in [-0.2, -0.15) is 13.2 Å². The van der Waals surface area contributed by atoms with Gasteiger partial charge in [0.05, 0.1) is 17.8 Å². The Morgan fingerprint density at radius 2 is 2.04 bits per heavy atom. The van der Waals surface area contributed by atoms with Gasteiger partial charge in [0, 0.05) is 13.1 Å². The minimum absolute atomic E-state index is 0.00416. The first-order valence-corrected chi connectivity index (χ1v) is 7.39. The van der Waals surface area contributed by atoms with Crippen LogP contribution in [0.15, 0.2) is 18.3 Å². The van der Waals surface area contributed by atoms with Crippen molar-refractivity contribution in [2.75, 3.05) is 18.4 Å². The third-order valence-corrected chi connectivity index (χ3v) is 4.18. The minimum Gasteiger partial charge on any atom is -0.364 e. The van der Waals surface area contributed by atoms with Crippen molar-refractivity contribution >= 4 is 17.6 Å². The maximum Gasteiger partial charge on any atom is 0.392 e. The Morgan fingerprint density at radius 1 is 1.38 bits per heavy atom. The highest BCUT2D eigenvalue weighted by atomic mass is 19.4. The van der Waals surface area contributed by atoms with Crippen LogP contribution in [0.4, 0.5) is 23.7 Å². The van der Waals surface area contributed by atoms with Gasteiger partial charge in [-0.1, -0.05) is 13.8 Å². The number of rotatable bonds is 2. The van der Waals surface area contributed by atoms with E-state index in [1.54, 1.807) is 0 Å². The second kappa shape index (κ2) is 6.29. The van der Waals surface area contributed by atoms with Crippen LogP contribution in [0.3, 0.4) is 0 Å². The molecule has 0 radical (unpaired) electrons. The van der Waals surface area contributed by atoms with Crippen molar-refractivity contribution in [1.29, 1.82) is 0 Å². The molecule has 132 valence electrons. The van der Waals surface area contributed by atoms with Crippen LogP contribution in [0, 0.1) is 11.3 Å². The first kappa shape index (κ1) is 18.0. The highest BCUT2D eigenvalue weighted by Gasteiger charge is 2.51. The van der Waals surface area contributed by atoms with Gasteiger partial charge < -0.3 is 16.0 Å². The number of carbonyl (C=O) groups is 2. The van der Waals surface area contributed by atoms with Crippen molar-refractivity contribution in [1.82, 2.24) is 9.88 Å². The number of pyridine rings is 1. The Morgan fingerprint density at radius 3 is 2.50 bits per heavy atom. The van der Waals surface area contributed by atoms with Crippen LogP contribution >= 0.6 is 0 Å². The van der Waals surface area contributed by atoms with Crippen LogP contribution in [-0.4, -0.2) is 41.1 Å². The Kier molecular flexibility index (Phi) is 4.73. The second-order valence-corrected chi connectivity index (χ2v) is 6.52. The normalized spacial score (nSPS) is 20.5. The summed E-state index contributed by atoms with van der Waals surface area (Å²) in [7, 11) is 0. The second-order valence-electron chi connectivity index (χ2n) is 6.52. The molecule has 0 bridgehead atoms. The largest absolute Gasteiger partial charge is 0.392 e. The lowest BCUT2D eigenvalue weighted by molar-refractivity contribution is -0.214. The number of carbonyl (C=O) groups excluding carboxylic acids is 2. The van der Waals surface area contributed by atoms with Gasteiger partial charge in [0.25, 0.3) is 5.91 Å². The lowest BCUT2D eigenvalue weighted by Crippen LogP contribution is -2.53. The Balaban J connectivity index is 2.02. The molecule has 0 aliphatic carbocycles. The van der Waals surface area contributed by atoms with Gasteiger partial charge in [-0.05, 0) is 24.0 Å². The summed E-state index contributed by atoms with van der Waals surface area (Å²) in [5.41, 5.74) is 4.39. The van der Waals surface area contributed by atoms with Crippen LogP contribution in [0.25, 0.3) is 0 Å². The van der Waals surface area contributed by atoms with Crippen molar-refractivity contribution in [2.45, 2.75) is 26.4 Å². The van der Waals surface area contributed by atoms with Gasteiger partial charge in [-0.15, -0.1) is 0 Å². The maximum absolute atomic E-state index is 13.0. The van der Waals surface area contributed by atoms with E-state index >= 15 is 0 Å². The quantitative estimate of drug-likeness (QED) is 0.864. The molecule has 2 rings (SSSR count). The maximum atomic E-state index is 13.0. The average molecular weight is 344 g/mol. The van der Waals surface area contributed by atoms with E-state index in [0.717, 1.165) is 0 Å². The average Bonchev–Trinajstić information content (AvgIpc) is 2.45. The molecule has 1 unspecified atom stereocenters. The monoisotopic (exact) mass is 344 g/mol. The molecule has 1 saturated heterocycles. The van der Waals surface area contributed by atoms with E-state index in [9.17, 15) is 22.8 Å². The summed E-state index contributed by atoms with van der Waals surface area (Å²) in [5, 5.41) is 2.56. The molecule has 0 aromatic carbocycles. The summed E-state index contributed by atoms with van der Waals surface area (Å²) in [5.74, 6) is -2.13. The fourth-order valence-electron chi connectivity index (χ4n) is 2.95. The predicted molar refractivity (Wildman–Crippen MR) is 81.3 cm³/mol. The number of nitrogens with zero attached hydrogens (tertiary/aromatic N) is 2. The van der Waals surface area contributed by atoms with Crippen LogP contribution in [0.2, 0.25) is 0 Å². The molecule has 1 aromatic heterocycles. The van der Waals surface area contributed by atoms with Crippen molar-refractivity contribution in [2.24, 2.45) is 17.1 Å². The van der Waals surface area contributed by atoms with Crippen LogP contribution in [0.5, 0.6) is 0 Å². The number of urea groups is 1. The zero-order valence-corrected chi connectivity index (χ0v) is 13.4. The molecule has 2 heterocycles. The molecule has 3 N–H and O–H groups in total. The number of piperidine rings is 1. The number of hydrogen-bond acceptors (Lipinski definition) is 3. The van der Waals surface area contributed by atoms with Crippen LogP contribution in [-0.2, 0) is 0 Å². The van der Waals surface area contributed by atoms with E-state index in [1.807, 2.05) is 0 Å². The lowest BCUT2D eigenvalue weighted by Gasteiger charge is -2.44. The number of likely N-dealkylation sites (tertiary alicyclic amines) is 1. The zero-order valence-electron chi connectivity index (χ0n) is 13.4. The van der Waals surface area contributed by atoms with Crippen molar-refractivity contribution in [3.63, 3.8) is 0 Å². The Labute approximate surface area is 137 Å². The summed E-state index contributed by atoms with van der Waals surface area (Å²) in [6.45, 7) is 3.03. The molecule has 9 heteroatoms. The van der Waals surface area contributed by atoms with Crippen LogP contribution < -0.4 is 11.1 Å². The predicted octanol–water partition coefficient (Wildman–Crippen LogP) is 2.62. The van der Waals surface area contributed by atoms with Crippen molar-refractivity contribution < 1.29 is 22.8 Å². The standard InChI is InChI=1S/C15H19F3N4O2/c1-14(2)8-22(6-5-11(14)15(16,17)18)13(24)21-9-3-4-10(12(19)23)20-7-9/h3-4,7,11H,5-6,8H2,1-2H3,(H2,19,23)(H,21,24). The lowest BCUT2D eigenvalue weighted by atomic mass is 9.73. The van der Waals surface area contributed by atoms with Gasteiger partial charge in [-0.3, -0.25) is 4.79 Å². The van der Waals surface area contributed by atoms with E-state index in [4.69, 9.17) is 5.73 Å². The van der Waals surface area contributed by atoms with E-state index in [2.05, 4.69) is 10.3 Å². The molecule has 1 aliphatic rings. The zero-order chi connectivity index (χ0) is 18.1. The number of halogens is 3. The molecule has 1 fully saturated rings. The smallest absolute Gasteiger partial charge is 0.364 e. The number of amides is 3. The molecule has 24 heavy (non-hydrogen) atoms. The molecular formula is C15H19F3N4O2. The van der Waals surface area contributed by atoms with Gasteiger partial charge in [0.2, 0.25) is 0 Å². The van der Waals surface area contributed by atoms with E-state index in [0.29, 0.717) is 5.69 Å². The van der Waals surface area contributed by atoms with Crippen molar-refractivity contribution in [3.05, 3.63) is 24.0 Å². The number of alkyl halides is 3. The van der Waals surface area contributed by atoms with Gasteiger partial charge >= 0.3 is 12.2 Å². The van der Waals surface area contributed by atoms with Crippen LogP contribution in [0.1, 0.15) is 30.8 Å². The number of nitrogens with two attached hydrogens (primary N) is 1. The molecular weight excluding hydrogens is 325 g/mol. The Bertz CT molecular complexity index is 629. The number of anilines is 1.